The first kappa shape index (κ1) is 19.3. The molecular weight excluding hydrogens is 412 g/mol. The van der Waals surface area contributed by atoms with E-state index in [0.29, 0.717) is 5.95 Å². The highest BCUT2D eigenvalue weighted by Gasteiger charge is 2.30. The molecule has 31 heavy (non-hydrogen) atoms. The van der Waals surface area contributed by atoms with E-state index in [4.69, 9.17) is 4.98 Å². The number of anilines is 2. The number of amides is 1. The van der Waals surface area contributed by atoms with Crippen LogP contribution in [-0.4, -0.2) is 54.1 Å². The van der Waals surface area contributed by atoms with Crippen molar-refractivity contribution in [2.24, 2.45) is 7.05 Å². The Morgan fingerprint density at radius 1 is 1.10 bits per heavy atom. The van der Waals surface area contributed by atoms with Crippen LogP contribution in [0.25, 0.3) is 22.1 Å². The Balaban J connectivity index is 1.39. The lowest BCUT2D eigenvalue weighted by atomic mass is 9.98. The number of rotatable bonds is 5. The van der Waals surface area contributed by atoms with E-state index in [-0.39, 0.29) is 11.8 Å². The molecule has 1 amide bonds. The first-order valence-electron chi connectivity index (χ1n) is 9.83. The molecule has 1 atom stereocenters. The van der Waals surface area contributed by atoms with E-state index in [0.717, 1.165) is 46.3 Å². The molecule has 5 rings (SSSR count). The number of likely N-dealkylation sites (tertiary alicyclic amines) is 1. The molecule has 0 radical (unpaired) electrons. The third-order valence-corrected chi connectivity index (χ3v) is 6.08. The second-order valence-electron chi connectivity index (χ2n) is 7.41. The maximum Gasteiger partial charge on any atom is 0.229 e. The number of pyridine rings is 1. The second-order valence-corrected chi connectivity index (χ2v) is 8.26. The summed E-state index contributed by atoms with van der Waals surface area (Å²) in [7, 11) is 3.69. The van der Waals surface area contributed by atoms with E-state index in [1.807, 2.05) is 43.9 Å². The van der Waals surface area contributed by atoms with Crippen LogP contribution < -0.4 is 5.32 Å². The van der Waals surface area contributed by atoms with Gasteiger partial charge in [0, 0.05) is 44.6 Å². The fourth-order valence-corrected chi connectivity index (χ4v) is 4.38. The van der Waals surface area contributed by atoms with Gasteiger partial charge in [0.2, 0.25) is 11.9 Å². The van der Waals surface area contributed by atoms with Crippen LogP contribution in [0.4, 0.5) is 11.6 Å². The third kappa shape index (κ3) is 3.89. The van der Waals surface area contributed by atoms with Crippen LogP contribution in [0.5, 0.6) is 0 Å². The molecule has 1 aliphatic rings. The number of aromatic nitrogens is 6. The quantitative estimate of drug-likeness (QED) is 0.517. The van der Waals surface area contributed by atoms with Gasteiger partial charge in [0.05, 0.1) is 23.5 Å². The molecule has 5 heterocycles. The number of hydrogen-bond donors (Lipinski definition) is 1. The fraction of sp³-hybridized carbons (Fsp3) is 0.238. The van der Waals surface area contributed by atoms with Gasteiger partial charge in [0.15, 0.2) is 0 Å². The summed E-state index contributed by atoms with van der Waals surface area (Å²) in [4.78, 5) is 32.2. The predicted molar refractivity (Wildman–Crippen MR) is 118 cm³/mol. The van der Waals surface area contributed by atoms with Gasteiger partial charge in [-0.15, -0.1) is 11.3 Å². The Kier molecular flexibility index (Phi) is 4.91. The molecule has 1 N–H and O–H groups in total. The van der Waals surface area contributed by atoms with E-state index in [1.165, 1.54) is 11.3 Å². The number of carbonyl (C=O) groups excluding carboxylic acids is 1. The zero-order valence-corrected chi connectivity index (χ0v) is 17.9. The maximum atomic E-state index is 12.4. The van der Waals surface area contributed by atoms with Crippen molar-refractivity contribution in [1.82, 2.24) is 34.6 Å². The average molecular weight is 433 g/mol. The predicted octanol–water partition coefficient (Wildman–Crippen LogP) is 3.08. The zero-order chi connectivity index (χ0) is 21.4. The molecule has 156 valence electrons. The molecule has 1 aliphatic heterocycles. The minimum absolute atomic E-state index is 0.104. The number of carbonyl (C=O) groups is 1. The summed E-state index contributed by atoms with van der Waals surface area (Å²) in [6.45, 7) is 0.783. The molecule has 4 aromatic heterocycles. The standard InChI is InChI=1S/C21H20N8OS/c1-28-8-5-15(20(28)30)13-3-6-22-17(9-13)18-12-31-19(26-18)16-4-7-23-21(27-16)25-14-10-24-29(2)11-14/h3-4,6-7,9-12,15H,5,8H2,1-2H3,(H,23,25,27). The zero-order valence-electron chi connectivity index (χ0n) is 17.1. The van der Waals surface area contributed by atoms with Gasteiger partial charge < -0.3 is 10.2 Å². The van der Waals surface area contributed by atoms with Crippen molar-refractivity contribution in [3.63, 3.8) is 0 Å². The summed E-state index contributed by atoms with van der Waals surface area (Å²) in [6, 6.07) is 5.71. The van der Waals surface area contributed by atoms with Crippen molar-refractivity contribution in [1.29, 1.82) is 0 Å². The normalized spacial score (nSPS) is 16.1. The minimum Gasteiger partial charge on any atom is -0.345 e. The number of aryl methyl sites for hydroxylation is 1. The van der Waals surface area contributed by atoms with E-state index in [9.17, 15) is 4.79 Å². The highest BCUT2D eigenvalue weighted by atomic mass is 32.1. The van der Waals surface area contributed by atoms with Gasteiger partial charge in [-0.2, -0.15) is 5.10 Å². The van der Waals surface area contributed by atoms with E-state index in [1.54, 1.807) is 28.2 Å². The Morgan fingerprint density at radius 3 is 2.74 bits per heavy atom. The van der Waals surface area contributed by atoms with Crippen LogP contribution in [-0.2, 0) is 11.8 Å². The van der Waals surface area contributed by atoms with Gasteiger partial charge in [-0.1, -0.05) is 0 Å². The van der Waals surface area contributed by atoms with Crippen LogP contribution in [0.15, 0.2) is 48.4 Å². The SMILES string of the molecule is CN1CCC(c2ccnc(-c3csc(-c4ccnc(Nc5cnn(C)c5)n4)n3)c2)C1=O. The first-order chi connectivity index (χ1) is 15.1. The molecule has 0 spiro atoms. The van der Waals surface area contributed by atoms with E-state index >= 15 is 0 Å². The summed E-state index contributed by atoms with van der Waals surface area (Å²) < 4.78 is 1.71. The monoisotopic (exact) mass is 432 g/mol. The van der Waals surface area contributed by atoms with Crippen LogP contribution in [0.2, 0.25) is 0 Å². The van der Waals surface area contributed by atoms with Crippen LogP contribution in [0.3, 0.4) is 0 Å². The van der Waals surface area contributed by atoms with Crippen molar-refractivity contribution in [2.75, 3.05) is 18.9 Å². The van der Waals surface area contributed by atoms with Crippen LogP contribution in [0, 0.1) is 0 Å². The summed E-state index contributed by atoms with van der Waals surface area (Å²) in [5.74, 6) is 0.532. The summed E-state index contributed by atoms with van der Waals surface area (Å²) in [5, 5.41) is 10.0. The lowest BCUT2D eigenvalue weighted by Crippen LogP contribution is -2.21. The smallest absolute Gasteiger partial charge is 0.229 e. The molecule has 1 unspecified atom stereocenters. The van der Waals surface area contributed by atoms with E-state index < -0.39 is 0 Å². The molecule has 1 saturated heterocycles. The number of likely N-dealkylation sites (N-methyl/N-ethyl adjacent to an activating group) is 1. The summed E-state index contributed by atoms with van der Waals surface area (Å²) >= 11 is 1.49. The van der Waals surface area contributed by atoms with Gasteiger partial charge in [0.25, 0.3) is 0 Å². The van der Waals surface area contributed by atoms with Crippen molar-refractivity contribution in [2.45, 2.75) is 12.3 Å². The highest BCUT2D eigenvalue weighted by molar-refractivity contribution is 7.13. The molecule has 0 aromatic carbocycles. The lowest BCUT2D eigenvalue weighted by molar-refractivity contribution is -0.127. The molecule has 0 aliphatic carbocycles. The van der Waals surface area contributed by atoms with Gasteiger partial charge in [-0.25, -0.2) is 15.0 Å². The van der Waals surface area contributed by atoms with Crippen molar-refractivity contribution >= 4 is 28.9 Å². The highest BCUT2D eigenvalue weighted by Crippen LogP contribution is 2.31. The van der Waals surface area contributed by atoms with Gasteiger partial charge >= 0.3 is 0 Å². The van der Waals surface area contributed by atoms with Crippen molar-refractivity contribution in [3.05, 3.63) is 53.9 Å². The number of nitrogens with zero attached hydrogens (tertiary/aromatic N) is 7. The molecule has 1 fully saturated rings. The Labute approximate surface area is 182 Å². The summed E-state index contributed by atoms with van der Waals surface area (Å²) in [5.41, 5.74) is 4.04. The minimum atomic E-state index is -0.104. The fourth-order valence-electron chi connectivity index (χ4n) is 3.60. The largest absolute Gasteiger partial charge is 0.345 e. The molecule has 0 saturated carbocycles. The first-order valence-corrected chi connectivity index (χ1v) is 10.7. The number of hydrogen-bond acceptors (Lipinski definition) is 8. The Hall–Kier alpha value is -3.66. The Morgan fingerprint density at radius 2 is 1.97 bits per heavy atom. The van der Waals surface area contributed by atoms with Crippen LogP contribution >= 0.6 is 11.3 Å². The van der Waals surface area contributed by atoms with Gasteiger partial charge in [-0.05, 0) is 30.2 Å². The number of nitrogens with one attached hydrogen (secondary N) is 1. The molecule has 4 aromatic rings. The molecule has 0 bridgehead atoms. The Bertz CT molecular complexity index is 1250. The molecule has 9 nitrogen and oxygen atoms in total. The average Bonchev–Trinajstić information content (AvgIpc) is 3.50. The molecular formula is C21H20N8OS. The third-order valence-electron chi connectivity index (χ3n) is 5.22. The van der Waals surface area contributed by atoms with Crippen molar-refractivity contribution < 1.29 is 4.79 Å². The topological polar surface area (TPSA) is 102 Å². The van der Waals surface area contributed by atoms with Crippen molar-refractivity contribution in [3.8, 4) is 22.1 Å². The second kappa shape index (κ2) is 7.88. The van der Waals surface area contributed by atoms with Gasteiger partial charge in [0.1, 0.15) is 16.4 Å². The molecule has 10 heteroatoms. The van der Waals surface area contributed by atoms with Gasteiger partial charge in [-0.3, -0.25) is 14.5 Å². The van der Waals surface area contributed by atoms with E-state index in [2.05, 4.69) is 25.4 Å². The summed E-state index contributed by atoms with van der Waals surface area (Å²) in [6.07, 6.45) is 7.83. The maximum absolute atomic E-state index is 12.4. The number of thiazole rings is 1. The van der Waals surface area contributed by atoms with Crippen LogP contribution in [0.1, 0.15) is 17.9 Å². The lowest BCUT2D eigenvalue weighted by Gasteiger charge is -2.11.